The van der Waals surface area contributed by atoms with Crippen molar-refractivity contribution in [2.75, 3.05) is 26.2 Å². The predicted molar refractivity (Wildman–Crippen MR) is 119 cm³/mol. The zero-order valence-corrected chi connectivity index (χ0v) is 18.9. The maximum atomic E-state index is 13.4. The predicted octanol–water partition coefficient (Wildman–Crippen LogP) is 2.86. The molecule has 1 aromatic heterocycles. The van der Waals surface area contributed by atoms with E-state index in [1.54, 1.807) is 12.1 Å². The minimum Gasteiger partial charge on any atom is -0.374 e. The van der Waals surface area contributed by atoms with Gasteiger partial charge in [0.2, 0.25) is 0 Å². The standard InChI is InChI=1S/C22H28F2N4O3S/c1-14(2)27-21(29)20-6-4-17(32-20)11-26-22(30)25-10-16-13-28(7-8-31-16)12-15-3-5-18(23)19(24)9-15/h3-6,9,14,16H,7-8,10-13H2,1-2H3,(H,27,29)(H2,25,26,30)/t16-/m0/s1. The average Bonchev–Trinajstić information content (AvgIpc) is 3.23. The molecule has 1 aliphatic heterocycles. The highest BCUT2D eigenvalue weighted by Crippen LogP contribution is 2.16. The quantitative estimate of drug-likeness (QED) is 0.559. The number of carbonyl (C=O) groups is 2. The molecule has 1 saturated heterocycles. The lowest BCUT2D eigenvalue weighted by molar-refractivity contribution is -0.0287. The molecule has 1 aliphatic rings. The maximum absolute atomic E-state index is 13.4. The first-order valence-corrected chi connectivity index (χ1v) is 11.3. The number of hydrogen-bond donors (Lipinski definition) is 3. The van der Waals surface area contributed by atoms with Gasteiger partial charge < -0.3 is 20.7 Å². The van der Waals surface area contributed by atoms with Gasteiger partial charge in [0, 0.05) is 37.1 Å². The van der Waals surface area contributed by atoms with Crippen LogP contribution in [0.25, 0.3) is 0 Å². The summed E-state index contributed by atoms with van der Waals surface area (Å²) < 4.78 is 32.2. The molecule has 1 fully saturated rings. The van der Waals surface area contributed by atoms with Gasteiger partial charge >= 0.3 is 6.03 Å². The van der Waals surface area contributed by atoms with Crippen LogP contribution < -0.4 is 16.0 Å². The molecule has 7 nitrogen and oxygen atoms in total. The van der Waals surface area contributed by atoms with Gasteiger partial charge in [0.05, 0.1) is 24.1 Å². The number of benzene rings is 1. The summed E-state index contributed by atoms with van der Waals surface area (Å²) in [6.07, 6.45) is -0.201. The molecule has 0 radical (unpaired) electrons. The van der Waals surface area contributed by atoms with Crippen LogP contribution in [0.5, 0.6) is 0 Å². The molecule has 1 atom stereocenters. The van der Waals surface area contributed by atoms with E-state index in [1.165, 1.54) is 17.4 Å². The second-order valence-corrected chi connectivity index (χ2v) is 9.10. The van der Waals surface area contributed by atoms with Crippen LogP contribution in [-0.4, -0.2) is 55.2 Å². The number of hydrogen-bond acceptors (Lipinski definition) is 5. The van der Waals surface area contributed by atoms with Gasteiger partial charge in [0.15, 0.2) is 11.6 Å². The summed E-state index contributed by atoms with van der Waals surface area (Å²) in [4.78, 5) is 27.7. The minimum atomic E-state index is -0.860. The van der Waals surface area contributed by atoms with Crippen molar-refractivity contribution in [2.24, 2.45) is 0 Å². The number of nitrogens with one attached hydrogen (secondary N) is 3. The number of urea groups is 1. The van der Waals surface area contributed by atoms with Gasteiger partial charge in [-0.25, -0.2) is 13.6 Å². The van der Waals surface area contributed by atoms with Crippen LogP contribution in [0.15, 0.2) is 30.3 Å². The van der Waals surface area contributed by atoms with Crippen LogP contribution in [0.1, 0.15) is 34.0 Å². The van der Waals surface area contributed by atoms with Crippen molar-refractivity contribution in [1.29, 1.82) is 0 Å². The molecular formula is C22H28F2N4O3S. The maximum Gasteiger partial charge on any atom is 0.315 e. The Bertz CT molecular complexity index is 938. The fourth-order valence-corrected chi connectivity index (χ4v) is 4.16. The number of halogens is 2. The van der Waals surface area contributed by atoms with Crippen LogP contribution in [0.4, 0.5) is 13.6 Å². The van der Waals surface area contributed by atoms with Crippen molar-refractivity contribution in [3.05, 3.63) is 57.3 Å². The summed E-state index contributed by atoms with van der Waals surface area (Å²) in [5.74, 6) is -1.84. The number of carbonyl (C=O) groups excluding carboxylic acids is 2. The molecule has 3 N–H and O–H groups in total. The molecule has 10 heteroatoms. The van der Waals surface area contributed by atoms with E-state index in [9.17, 15) is 18.4 Å². The lowest BCUT2D eigenvalue weighted by Crippen LogP contribution is -2.48. The third kappa shape index (κ3) is 7.25. The third-order valence-corrected chi connectivity index (χ3v) is 5.92. The number of rotatable bonds is 8. The fourth-order valence-electron chi connectivity index (χ4n) is 3.31. The summed E-state index contributed by atoms with van der Waals surface area (Å²) in [6, 6.07) is 7.20. The van der Waals surface area contributed by atoms with E-state index < -0.39 is 11.6 Å². The molecule has 2 aromatic rings. The lowest BCUT2D eigenvalue weighted by atomic mass is 10.1. The van der Waals surface area contributed by atoms with Crippen molar-refractivity contribution in [1.82, 2.24) is 20.9 Å². The number of thiophene rings is 1. The Balaban J connectivity index is 1.39. The second kappa shape index (κ2) is 11.3. The second-order valence-electron chi connectivity index (χ2n) is 7.93. The molecule has 2 heterocycles. The minimum absolute atomic E-state index is 0.0618. The van der Waals surface area contributed by atoms with Gasteiger partial charge in [-0.2, -0.15) is 0 Å². The topological polar surface area (TPSA) is 82.7 Å². The van der Waals surface area contributed by atoms with Crippen molar-refractivity contribution < 1.29 is 23.1 Å². The molecule has 0 aliphatic carbocycles. The summed E-state index contributed by atoms with van der Waals surface area (Å²) in [5, 5.41) is 8.41. The largest absolute Gasteiger partial charge is 0.374 e. The lowest BCUT2D eigenvalue weighted by Gasteiger charge is -2.33. The van der Waals surface area contributed by atoms with E-state index in [1.807, 2.05) is 19.9 Å². The van der Waals surface area contributed by atoms with Crippen molar-refractivity contribution in [2.45, 2.75) is 39.1 Å². The van der Waals surface area contributed by atoms with E-state index in [2.05, 4.69) is 20.9 Å². The highest BCUT2D eigenvalue weighted by atomic mass is 32.1. The molecule has 1 aromatic carbocycles. The molecule has 32 heavy (non-hydrogen) atoms. The number of ether oxygens (including phenoxy) is 1. The van der Waals surface area contributed by atoms with Crippen molar-refractivity contribution in [3.63, 3.8) is 0 Å². The summed E-state index contributed by atoms with van der Waals surface area (Å²) in [6.45, 7) is 6.66. The first kappa shape index (κ1) is 24.1. The monoisotopic (exact) mass is 466 g/mol. The first-order chi connectivity index (χ1) is 15.3. The Morgan fingerprint density at radius 3 is 2.75 bits per heavy atom. The Hall–Kier alpha value is -2.56. The number of morpholine rings is 1. The first-order valence-electron chi connectivity index (χ1n) is 10.5. The SMILES string of the molecule is CC(C)NC(=O)c1ccc(CNC(=O)NC[C@H]2CN(Cc3ccc(F)c(F)c3)CCO2)s1. The summed E-state index contributed by atoms with van der Waals surface area (Å²) >= 11 is 1.34. The fraction of sp³-hybridized carbons (Fsp3) is 0.455. The molecule has 0 unspecified atom stereocenters. The molecular weight excluding hydrogens is 438 g/mol. The van der Waals surface area contributed by atoms with Crippen LogP contribution in [-0.2, 0) is 17.8 Å². The van der Waals surface area contributed by atoms with Gasteiger partial charge in [-0.3, -0.25) is 9.69 Å². The molecule has 0 bridgehead atoms. The smallest absolute Gasteiger partial charge is 0.315 e. The third-order valence-electron chi connectivity index (χ3n) is 4.83. The zero-order chi connectivity index (χ0) is 23.1. The van der Waals surface area contributed by atoms with Crippen molar-refractivity contribution >= 4 is 23.3 Å². The normalized spacial score (nSPS) is 16.7. The van der Waals surface area contributed by atoms with E-state index in [0.717, 1.165) is 10.9 Å². The van der Waals surface area contributed by atoms with E-state index in [0.29, 0.717) is 49.8 Å². The average molecular weight is 467 g/mol. The molecule has 3 rings (SSSR count). The summed E-state index contributed by atoms with van der Waals surface area (Å²) in [7, 11) is 0. The van der Waals surface area contributed by atoms with Crippen LogP contribution in [0.2, 0.25) is 0 Å². The van der Waals surface area contributed by atoms with Gasteiger partial charge in [0.1, 0.15) is 0 Å². The van der Waals surface area contributed by atoms with Crippen molar-refractivity contribution in [3.8, 4) is 0 Å². The number of amides is 3. The highest BCUT2D eigenvalue weighted by Gasteiger charge is 2.21. The molecule has 0 spiro atoms. The Morgan fingerprint density at radius 2 is 2.00 bits per heavy atom. The van der Waals surface area contributed by atoms with E-state index >= 15 is 0 Å². The zero-order valence-electron chi connectivity index (χ0n) is 18.1. The number of nitrogens with zero attached hydrogens (tertiary/aromatic N) is 1. The molecule has 3 amide bonds. The Labute approximate surface area is 190 Å². The van der Waals surface area contributed by atoms with Gasteiger partial charge in [-0.05, 0) is 43.7 Å². The van der Waals surface area contributed by atoms with E-state index in [4.69, 9.17) is 4.74 Å². The highest BCUT2D eigenvalue weighted by molar-refractivity contribution is 7.14. The van der Waals surface area contributed by atoms with Gasteiger partial charge in [-0.1, -0.05) is 6.07 Å². The van der Waals surface area contributed by atoms with E-state index in [-0.39, 0.29) is 24.1 Å². The van der Waals surface area contributed by atoms with Gasteiger partial charge in [0.25, 0.3) is 5.91 Å². The molecule has 174 valence electrons. The van der Waals surface area contributed by atoms with Gasteiger partial charge in [-0.15, -0.1) is 11.3 Å². The van der Waals surface area contributed by atoms with Crippen LogP contribution >= 0.6 is 11.3 Å². The summed E-state index contributed by atoms with van der Waals surface area (Å²) in [5.41, 5.74) is 0.688. The Kier molecular flexibility index (Phi) is 8.54. The van der Waals surface area contributed by atoms with Crippen LogP contribution in [0.3, 0.4) is 0 Å². The van der Waals surface area contributed by atoms with Crippen LogP contribution in [0, 0.1) is 11.6 Å². The Morgan fingerprint density at radius 1 is 1.19 bits per heavy atom. The molecule has 0 saturated carbocycles.